The van der Waals surface area contributed by atoms with E-state index in [9.17, 15) is 0 Å². The maximum absolute atomic E-state index is 8.98. The van der Waals surface area contributed by atoms with E-state index in [2.05, 4.69) is 0 Å². The zero-order valence-corrected chi connectivity index (χ0v) is 7.32. The van der Waals surface area contributed by atoms with Gasteiger partial charge in [-0.05, 0) is 23.8 Å². The molecule has 0 fully saturated rings. The quantitative estimate of drug-likeness (QED) is 0.717. The summed E-state index contributed by atoms with van der Waals surface area (Å²) < 4.78 is 0. The van der Waals surface area contributed by atoms with Gasteiger partial charge in [-0.2, -0.15) is 0 Å². The number of phenolic OH excluding ortho intramolecular Hbond substituents is 1. The molecule has 1 aromatic carbocycles. The molecule has 0 radical (unpaired) electrons. The van der Waals surface area contributed by atoms with Crippen molar-refractivity contribution in [3.63, 3.8) is 0 Å². The first-order valence-corrected chi connectivity index (χ1v) is 3.28. The van der Waals surface area contributed by atoms with Gasteiger partial charge in [0.1, 0.15) is 5.75 Å². The highest BCUT2D eigenvalue weighted by Crippen LogP contribution is 2.18. The Morgan fingerprint density at radius 1 is 1.36 bits per heavy atom. The van der Waals surface area contributed by atoms with Crippen LogP contribution in [0.15, 0.2) is 18.2 Å². The van der Waals surface area contributed by atoms with Gasteiger partial charge in [-0.1, -0.05) is 11.6 Å². The molecule has 0 atom stereocenters. The summed E-state index contributed by atoms with van der Waals surface area (Å²) >= 11 is 5.61. The number of benzene rings is 1. The van der Waals surface area contributed by atoms with Crippen LogP contribution in [0, 0.1) is 0 Å². The van der Waals surface area contributed by atoms with E-state index < -0.39 is 0 Å². The molecule has 1 aromatic rings. The Hall–Kier alpha value is -0.440. The van der Waals surface area contributed by atoms with Gasteiger partial charge in [0.15, 0.2) is 0 Å². The van der Waals surface area contributed by atoms with Gasteiger partial charge in [-0.3, -0.25) is 0 Å². The fraction of sp³-hybridized carbons (Fsp3) is 0.143. The van der Waals surface area contributed by atoms with Crippen LogP contribution in [0.2, 0.25) is 5.02 Å². The van der Waals surface area contributed by atoms with Gasteiger partial charge in [-0.25, -0.2) is 0 Å². The summed E-state index contributed by atoms with van der Waals surface area (Å²) in [4.78, 5) is 0. The summed E-state index contributed by atoms with van der Waals surface area (Å²) in [5.41, 5.74) is 6.16. The maximum atomic E-state index is 8.98. The predicted octanol–water partition coefficient (Wildman–Crippen LogP) is 1.93. The van der Waals surface area contributed by atoms with Crippen LogP contribution < -0.4 is 5.73 Å². The summed E-state index contributed by atoms with van der Waals surface area (Å²) in [6.45, 7) is 0.397. The number of nitrogens with two attached hydrogens (primary N) is 1. The first-order valence-electron chi connectivity index (χ1n) is 2.91. The minimum Gasteiger partial charge on any atom is -0.508 e. The molecule has 0 amide bonds. The summed E-state index contributed by atoms with van der Waals surface area (Å²) in [6, 6.07) is 4.79. The smallest absolute Gasteiger partial charge is 0.117 e. The Bertz CT molecular complexity index is 220. The van der Waals surface area contributed by atoms with Crippen molar-refractivity contribution in [2.45, 2.75) is 6.54 Å². The number of phenols is 1. The predicted molar refractivity (Wildman–Crippen MR) is 48.3 cm³/mol. The lowest BCUT2D eigenvalue weighted by atomic mass is 10.2. The van der Waals surface area contributed by atoms with E-state index in [1.165, 1.54) is 6.07 Å². The average Bonchev–Trinajstić information content (AvgIpc) is 1.85. The standard InChI is InChI=1S/C7H8ClNO.ClH/c8-6-1-5(4-9)2-7(10)3-6;/h1-3,10H,4,9H2;1H. The number of hydrogen-bond acceptors (Lipinski definition) is 2. The number of aromatic hydroxyl groups is 1. The van der Waals surface area contributed by atoms with E-state index in [1.54, 1.807) is 12.1 Å². The van der Waals surface area contributed by atoms with E-state index in [0.717, 1.165) is 5.56 Å². The highest BCUT2D eigenvalue weighted by atomic mass is 35.5. The van der Waals surface area contributed by atoms with Crippen molar-refractivity contribution in [1.82, 2.24) is 0 Å². The molecule has 0 aliphatic carbocycles. The van der Waals surface area contributed by atoms with Crippen molar-refractivity contribution in [2.24, 2.45) is 5.73 Å². The van der Waals surface area contributed by atoms with Gasteiger partial charge in [-0.15, -0.1) is 12.4 Å². The second-order valence-electron chi connectivity index (χ2n) is 2.02. The highest BCUT2D eigenvalue weighted by Gasteiger charge is 1.94. The zero-order valence-electron chi connectivity index (χ0n) is 5.75. The lowest BCUT2D eigenvalue weighted by Crippen LogP contribution is -1.95. The van der Waals surface area contributed by atoms with Crippen LogP contribution in [-0.2, 0) is 6.54 Å². The highest BCUT2D eigenvalue weighted by molar-refractivity contribution is 6.30. The van der Waals surface area contributed by atoms with E-state index in [1.807, 2.05) is 0 Å². The van der Waals surface area contributed by atoms with Crippen LogP contribution in [0.5, 0.6) is 5.75 Å². The Kier molecular flexibility index (Phi) is 4.26. The van der Waals surface area contributed by atoms with Crippen LogP contribution in [-0.4, -0.2) is 5.11 Å². The molecule has 4 heteroatoms. The number of hydrogen-bond donors (Lipinski definition) is 2. The van der Waals surface area contributed by atoms with Crippen molar-refractivity contribution in [3.8, 4) is 5.75 Å². The third kappa shape index (κ3) is 2.97. The molecule has 0 aliphatic rings. The van der Waals surface area contributed by atoms with E-state index in [-0.39, 0.29) is 18.2 Å². The third-order valence-electron chi connectivity index (χ3n) is 1.18. The molecule has 62 valence electrons. The fourth-order valence-corrected chi connectivity index (χ4v) is 1.00. The maximum Gasteiger partial charge on any atom is 0.117 e. The van der Waals surface area contributed by atoms with Crippen molar-refractivity contribution >= 4 is 24.0 Å². The molecule has 3 N–H and O–H groups in total. The van der Waals surface area contributed by atoms with Crippen LogP contribution in [0.25, 0.3) is 0 Å². The molecule has 0 aromatic heterocycles. The first kappa shape index (κ1) is 10.6. The summed E-state index contributed by atoms with van der Waals surface area (Å²) in [5, 5.41) is 9.50. The molecule has 0 spiro atoms. The Morgan fingerprint density at radius 2 is 2.00 bits per heavy atom. The van der Waals surface area contributed by atoms with Gasteiger partial charge >= 0.3 is 0 Å². The fourth-order valence-electron chi connectivity index (χ4n) is 0.751. The molecule has 0 heterocycles. The molecule has 0 unspecified atom stereocenters. The Morgan fingerprint density at radius 3 is 2.45 bits per heavy atom. The van der Waals surface area contributed by atoms with Crippen molar-refractivity contribution in [1.29, 1.82) is 0 Å². The molecule has 11 heavy (non-hydrogen) atoms. The molecule has 0 bridgehead atoms. The molecule has 0 saturated carbocycles. The second kappa shape index (κ2) is 4.44. The molecular weight excluding hydrogens is 185 g/mol. The monoisotopic (exact) mass is 193 g/mol. The molecule has 0 saturated heterocycles. The summed E-state index contributed by atoms with van der Waals surface area (Å²) in [7, 11) is 0. The van der Waals surface area contributed by atoms with E-state index >= 15 is 0 Å². The van der Waals surface area contributed by atoms with Gasteiger partial charge < -0.3 is 10.8 Å². The second-order valence-corrected chi connectivity index (χ2v) is 2.46. The molecule has 0 aliphatic heterocycles. The third-order valence-corrected chi connectivity index (χ3v) is 1.40. The average molecular weight is 194 g/mol. The molecule has 2 nitrogen and oxygen atoms in total. The van der Waals surface area contributed by atoms with Crippen molar-refractivity contribution < 1.29 is 5.11 Å². The largest absolute Gasteiger partial charge is 0.508 e. The summed E-state index contributed by atoms with van der Waals surface area (Å²) in [5.74, 6) is 0.160. The molecule has 1 rings (SSSR count). The van der Waals surface area contributed by atoms with Crippen LogP contribution in [0.4, 0.5) is 0 Å². The minimum atomic E-state index is 0. The van der Waals surface area contributed by atoms with Crippen LogP contribution in [0.1, 0.15) is 5.56 Å². The number of halogens is 2. The molecular formula is C7H9Cl2NO. The van der Waals surface area contributed by atoms with E-state index in [0.29, 0.717) is 11.6 Å². The lowest BCUT2D eigenvalue weighted by Gasteiger charge is -1.97. The van der Waals surface area contributed by atoms with E-state index in [4.69, 9.17) is 22.4 Å². The van der Waals surface area contributed by atoms with Gasteiger partial charge in [0, 0.05) is 11.6 Å². The van der Waals surface area contributed by atoms with Gasteiger partial charge in [0.2, 0.25) is 0 Å². The Balaban J connectivity index is 0.000001000. The first-order chi connectivity index (χ1) is 4.72. The SMILES string of the molecule is Cl.NCc1cc(O)cc(Cl)c1. The Labute approximate surface area is 76.4 Å². The van der Waals surface area contributed by atoms with Crippen molar-refractivity contribution in [3.05, 3.63) is 28.8 Å². The minimum absolute atomic E-state index is 0. The topological polar surface area (TPSA) is 46.2 Å². The summed E-state index contributed by atoms with van der Waals surface area (Å²) in [6.07, 6.45) is 0. The van der Waals surface area contributed by atoms with Crippen LogP contribution in [0.3, 0.4) is 0 Å². The van der Waals surface area contributed by atoms with Gasteiger partial charge in [0.25, 0.3) is 0 Å². The van der Waals surface area contributed by atoms with Crippen molar-refractivity contribution in [2.75, 3.05) is 0 Å². The lowest BCUT2D eigenvalue weighted by molar-refractivity contribution is 0.474. The van der Waals surface area contributed by atoms with Crippen LogP contribution >= 0.6 is 24.0 Å². The number of rotatable bonds is 1. The zero-order chi connectivity index (χ0) is 7.56. The van der Waals surface area contributed by atoms with Gasteiger partial charge in [0.05, 0.1) is 0 Å². The normalized spacial score (nSPS) is 8.91.